The number of carbonyl (C=O) groups excluding carboxylic acids is 1. The van der Waals surface area contributed by atoms with E-state index < -0.39 is 0 Å². The first-order valence-electron chi connectivity index (χ1n) is 6.86. The van der Waals surface area contributed by atoms with Crippen molar-refractivity contribution in [3.8, 4) is 0 Å². The van der Waals surface area contributed by atoms with Gasteiger partial charge in [0.05, 0.1) is 5.25 Å². The van der Waals surface area contributed by atoms with Gasteiger partial charge in [-0.25, -0.2) is 0 Å². The number of nitrogens with one attached hydrogen (secondary N) is 1. The second kappa shape index (κ2) is 6.09. The minimum absolute atomic E-state index is 0.00174. The van der Waals surface area contributed by atoms with Crippen LogP contribution in [0.25, 0.3) is 0 Å². The zero-order valence-electron chi connectivity index (χ0n) is 10.8. The lowest BCUT2D eigenvalue weighted by Gasteiger charge is -2.11. The molecule has 2 saturated heterocycles. The van der Waals surface area contributed by atoms with Crippen molar-refractivity contribution in [1.82, 2.24) is 15.5 Å². The lowest BCUT2D eigenvalue weighted by atomic mass is 10.2. The average molecular weight is 298 g/mol. The Bertz CT molecular complexity index is 445. The fourth-order valence-electron chi connectivity index (χ4n) is 2.43. The van der Waals surface area contributed by atoms with E-state index in [1.807, 2.05) is 0 Å². The number of aromatic nitrogens is 2. The van der Waals surface area contributed by atoms with E-state index >= 15 is 0 Å². The largest absolute Gasteiger partial charge is 0.355 e. The first-order valence-corrected chi connectivity index (χ1v) is 8.55. The van der Waals surface area contributed by atoms with Gasteiger partial charge in [0, 0.05) is 19.6 Å². The molecule has 5 nitrogen and oxygen atoms in total. The second-order valence-electron chi connectivity index (χ2n) is 4.94. The van der Waals surface area contributed by atoms with E-state index in [2.05, 4.69) is 20.4 Å². The molecule has 0 aliphatic carbocycles. The molecule has 3 heterocycles. The Labute approximate surface area is 121 Å². The van der Waals surface area contributed by atoms with E-state index in [0.29, 0.717) is 0 Å². The van der Waals surface area contributed by atoms with E-state index in [9.17, 15) is 4.79 Å². The molecule has 2 fully saturated rings. The van der Waals surface area contributed by atoms with Crippen LogP contribution < -0.4 is 10.2 Å². The molecule has 1 atom stereocenters. The molecule has 0 spiro atoms. The van der Waals surface area contributed by atoms with Gasteiger partial charge in [-0.2, -0.15) is 0 Å². The van der Waals surface area contributed by atoms with Crippen LogP contribution >= 0.6 is 23.1 Å². The maximum Gasteiger partial charge on any atom is 0.233 e. The molecule has 3 rings (SSSR count). The molecule has 19 heavy (non-hydrogen) atoms. The minimum atomic E-state index is 0.00174. The predicted molar refractivity (Wildman–Crippen MR) is 77.9 cm³/mol. The van der Waals surface area contributed by atoms with Crippen molar-refractivity contribution >= 4 is 34.1 Å². The molecule has 7 heteroatoms. The summed E-state index contributed by atoms with van der Waals surface area (Å²) in [6.45, 7) is 2.98. The third-order valence-electron chi connectivity index (χ3n) is 3.50. The zero-order chi connectivity index (χ0) is 13.1. The normalized spacial score (nSPS) is 24.3. The van der Waals surface area contributed by atoms with Gasteiger partial charge in [-0.3, -0.25) is 4.79 Å². The molecule has 1 aromatic rings. The Morgan fingerprint density at radius 3 is 2.89 bits per heavy atom. The van der Waals surface area contributed by atoms with Crippen molar-refractivity contribution < 1.29 is 4.79 Å². The monoisotopic (exact) mass is 298 g/mol. The van der Waals surface area contributed by atoms with Gasteiger partial charge in [-0.05, 0) is 25.7 Å². The number of amides is 1. The van der Waals surface area contributed by atoms with Crippen LogP contribution in [0.1, 0.15) is 32.1 Å². The molecule has 0 aromatic carbocycles. The van der Waals surface area contributed by atoms with Gasteiger partial charge in [-0.1, -0.05) is 29.5 Å². The molecule has 2 aliphatic heterocycles. The van der Waals surface area contributed by atoms with Gasteiger partial charge in [0.25, 0.3) is 0 Å². The first kappa shape index (κ1) is 13.2. The number of carbonyl (C=O) groups is 1. The summed E-state index contributed by atoms with van der Waals surface area (Å²) in [5.41, 5.74) is 0. The van der Waals surface area contributed by atoms with Crippen LogP contribution in [-0.4, -0.2) is 41.0 Å². The predicted octanol–water partition coefficient (Wildman–Crippen LogP) is 1.90. The van der Waals surface area contributed by atoms with E-state index in [1.54, 1.807) is 23.1 Å². The van der Waals surface area contributed by atoms with Crippen LogP contribution in [0.3, 0.4) is 0 Å². The number of thioether (sulfide) groups is 1. The quantitative estimate of drug-likeness (QED) is 0.923. The van der Waals surface area contributed by atoms with Crippen molar-refractivity contribution in [2.24, 2.45) is 0 Å². The standard InChI is InChI=1S/C12H18N4OS2/c17-10-9(5-1-2-6-13-10)18-12-15-14-11(19-12)16-7-3-4-8-16/h9H,1-8H2,(H,13,17)/t9-/m1/s1. The summed E-state index contributed by atoms with van der Waals surface area (Å²) in [6, 6.07) is 0. The van der Waals surface area contributed by atoms with Gasteiger partial charge in [0.2, 0.25) is 11.0 Å². The molecule has 2 aliphatic rings. The fraction of sp³-hybridized carbons (Fsp3) is 0.750. The average Bonchev–Trinajstić information content (AvgIpc) is 3.03. The highest BCUT2D eigenvalue weighted by atomic mass is 32.2. The third kappa shape index (κ3) is 3.20. The number of rotatable bonds is 3. The Kier molecular flexibility index (Phi) is 4.22. The summed E-state index contributed by atoms with van der Waals surface area (Å²) >= 11 is 3.19. The van der Waals surface area contributed by atoms with E-state index in [4.69, 9.17) is 0 Å². The molecular formula is C12H18N4OS2. The first-order chi connectivity index (χ1) is 9.33. The number of nitrogens with zero attached hydrogens (tertiary/aromatic N) is 3. The van der Waals surface area contributed by atoms with Crippen molar-refractivity contribution in [2.45, 2.75) is 41.7 Å². The van der Waals surface area contributed by atoms with Gasteiger partial charge in [0.15, 0.2) is 4.34 Å². The van der Waals surface area contributed by atoms with Gasteiger partial charge < -0.3 is 10.2 Å². The Balaban J connectivity index is 1.64. The van der Waals surface area contributed by atoms with E-state index in [-0.39, 0.29) is 11.2 Å². The third-order valence-corrected chi connectivity index (χ3v) is 5.84. The Morgan fingerprint density at radius 1 is 1.21 bits per heavy atom. The topological polar surface area (TPSA) is 58.1 Å². The Morgan fingerprint density at radius 2 is 2.05 bits per heavy atom. The fourth-order valence-corrected chi connectivity index (χ4v) is 4.63. The van der Waals surface area contributed by atoms with Crippen LogP contribution in [0.5, 0.6) is 0 Å². The lowest BCUT2D eigenvalue weighted by Crippen LogP contribution is -2.30. The maximum atomic E-state index is 11.9. The molecule has 1 aromatic heterocycles. The summed E-state index contributed by atoms with van der Waals surface area (Å²) in [4.78, 5) is 14.2. The van der Waals surface area contributed by atoms with Crippen molar-refractivity contribution in [1.29, 1.82) is 0 Å². The smallest absolute Gasteiger partial charge is 0.233 e. The summed E-state index contributed by atoms with van der Waals surface area (Å²) in [5.74, 6) is 0.153. The van der Waals surface area contributed by atoms with Crippen LogP contribution in [0, 0.1) is 0 Å². The van der Waals surface area contributed by atoms with Crippen LogP contribution in [0.2, 0.25) is 0 Å². The summed E-state index contributed by atoms with van der Waals surface area (Å²) < 4.78 is 0.920. The van der Waals surface area contributed by atoms with E-state index in [1.165, 1.54) is 12.8 Å². The van der Waals surface area contributed by atoms with Crippen LogP contribution in [0.4, 0.5) is 5.13 Å². The molecule has 0 radical (unpaired) electrons. The summed E-state index contributed by atoms with van der Waals surface area (Å²) in [5, 5.41) is 12.5. The molecule has 0 unspecified atom stereocenters. The summed E-state index contributed by atoms with van der Waals surface area (Å²) in [7, 11) is 0. The SMILES string of the molecule is O=C1NCCCC[C@H]1Sc1nnc(N2CCCC2)s1. The van der Waals surface area contributed by atoms with Gasteiger partial charge in [0.1, 0.15) is 0 Å². The van der Waals surface area contributed by atoms with Crippen molar-refractivity contribution in [3.05, 3.63) is 0 Å². The highest BCUT2D eigenvalue weighted by Crippen LogP contribution is 2.34. The second-order valence-corrected chi connectivity index (χ2v) is 7.34. The molecule has 104 valence electrons. The van der Waals surface area contributed by atoms with Crippen molar-refractivity contribution in [3.63, 3.8) is 0 Å². The molecule has 0 saturated carbocycles. The number of anilines is 1. The highest BCUT2D eigenvalue weighted by Gasteiger charge is 2.24. The molecule has 1 amide bonds. The van der Waals surface area contributed by atoms with Gasteiger partial charge >= 0.3 is 0 Å². The highest BCUT2D eigenvalue weighted by molar-refractivity contribution is 8.02. The minimum Gasteiger partial charge on any atom is -0.355 e. The molecule has 1 N–H and O–H groups in total. The Hall–Kier alpha value is -0.820. The molecular weight excluding hydrogens is 280 g/mol. The summed E-state index contributed by atoms with van der Waals surface area (Å²) in [6.07, 6.45) is 5.61. The van der Waals surface area contributed by atoms with Crippen molar-refractivity contribution in [2.75, 3.05) is 24.5 Å². The number of hydrogen-bond donors (Lipinski definition) is 1. The van der Waals surface area contributed by atoms with Gasteiger partial charge in [-0.15, -0.1) is 10.2 Å². The van der Waals surface area contributed by atoms with Crippen LogP contribution in [-0.2, 0) is 4.79 Å². The van der Waals surface area contributed by atoms with E-state index in [0.717, 1.165) is 48.4 Å². The zero-order valence-corrected chi connectivity index (χ0v) is 12.4. The maximum absolute atomic E-state index is 11.9. The number of hydrogen-bond acceptors (Lipinski definition) is 6. The lowest BCUT2D eigenvalue weighted by molar-refractivity contribution is -0.120. The van der Waals surface area contributed by atoms with Crippen LogP contribution in [0.15, 0.2) is 4.34 Å². The molecule has 0 bridgehead atoms.